The van der Waals surface area contributed by atoms with Crippen molar-refractivity contribution in [1.29, 1.82) is 0 Å². The van der Waals surface area contributed by atoms with Crippen LogP contribution in [0.25, 0.3) is 0 Å². The van der Waals surface area contributed by atoms with Crippen molar-refractivity contribution < 1.29 is 14.2 Å². The Morgan fingerprint density at radius 3 is 2.68 bits per heavy atom. The fraction of sp³-hybridized carbons (Fsp3) is 0.200. The second-order valence-electron chi connectivity index (χ2n) is 4.37. The van der Waals surface area contributed by atoms with Crippen molar-refractivity contribution in [2.24, 2.45) is 0 Å². The van der Waals surface area contributed by atoms with Crippen LogP contribution in [0, 0.1) is 12.7 Å². The van der Waals surface area contributed by atoms with Gasteiger partial charge < -0.3 is 9.84 Å². The van der Waals surface area contributed by atoms with Crippen LogP contribution in [0.1, 0.15) is 24.2 Å². The van der Waals surface area contributed by atoms with E-state index in [1.54, 1.807) is 25.1 Å². The van der Waals surface area contributed by atoms with E-state index in [0.29, 0.717) is 16.3 Å². The molecule has 1 atom stereocenters. The molecular weight excluding hydrogens is 267 g/mol. The Hall–Kier alpha value is -1.58. The Bertz CT molecular complexity index is 597. The quantitative estimate of drug-likeness (QED) is 0.888. The van der Waals surface area contributed by atoms with Crippen LogP contribution in [0.4, 0.5) is 4.39 Å². The van der Waals surface area contributed by atoms with E-state index in [0.717, 1.165) is 5.56 Å². The summed E-state index contributed by atoms with van der Waals surface area (Å²) in [5.74, 6) is -0.158. The molecule has 2 aromatic rings. The van der Waals surface area contributed by atoms with Crippen LogP contribution >= 0.6 is 11.6 Å². The van der Waals surface area contributed by atoms with Gasteiger partial charge in [-0.2, -0.15) is 0 Å². The first-order valence-electron chi connectivity index (χ1n) is 5.89. The highest BCUT2D eigenvalue weighted by Crippen LogP contribution is 2.35. The van der Waals surface area contributed by atoms with Crippen LogP contribution in [-0.4, -0.2) is 5.11 Å². The smallest absolute Gasteiger partial charge is 0.168 e. The standard InChI is InChI=1S/C15H14ClFO2/c1-9-6-7-12(16)14(8-9)19-15-11(10(2)18)4-3-5-13(15)17/h3-8,10,18H,1-2H3/t10-/m1/s1. The third-order valence-corrected chi connectivity index (χ3v) is 3.06. The van der Waals surface area contributed by atoms with E-state index in [1.807, 2.05) is 13.0 Å². The van der Waals surface area contributed by atoms with Crippen LogP contribution < -0.4 is 4.74 Å². The van der Waals surface area contributed by atoms with E-state index >= 15 is 0 Å². The van der Waals surface area contributed by atoms with E-state index in [2.05, 4.69) is 0 Å². The second kappa shape index (κ2) is 5.59. The van der Waals surface area contributed by atoms with E-state index in [4.69, 9.17) is 16.3 Å². The number of rotatable bonds is 3. The lowest BCUT2D eigenvalue weighted by Crippen LogP contribution is -1.99. The molecule has 0 unspecified atom stereocenters. The first kappa shape index (κ1) is 13.8. The maximum Gasteiger partial charge on any atom is 0.168 e. The maximum atomic E-state index is 13.8. The Kier molecular flexibility index (Phi) is 4.08. The number of benzene rings is 2. The number of hydrogen-bond donors (Lipinski definition) is 1. The van der Waals surface area contributed by atoms with Gasteiger partial charge in [-0.1, -0.05) is 29.8 Å². The van der Waals surface area contributed by atoms with Crippen LogP contribution in [0.3, 0.4) is 0 Å². The summed E-state index contributed by atoms with van der Waals surface area (Å²) in [7, 11) is 0. The van der Waals surface area contributed by atoms with Crippen LogP contribution in [-0.2, 0) is 0 Å². The third-order valence-electron chi connectivity index (χ3n) is 2.75. The highest BCUT2D eigenvalue weighted by molar-refractivity contribution is 6.32. The average molecular weight is 281 g/mol. The molecule has 0 aliphatic carbocycles. The van der Waals surface area contributed by atoms with Crippen molar-refractivity contribution in [2.75, 3.05) is 0 Å². The molecule has 0 aromatic heterocycles. The fourth-order valence-corrected chi connectivity index (χ4v) is 1.92. The van der Waals surface area contributed by atoms with Gasteiger partial charge >= 0.3 is 0 Å². The predicted molar refractivity (Wildman–Crippen MR) is 73.3 cm³/mol. The van der Waals surface area contributed by atoms with Gasteiger partial charge in [0.2, 0.25) is 0 Å². The van der Waals surface area contributed by atoms with E-state index < -0.39 is 11.9 Å². The molecule has 0 amide bonds. The van der Waals surface area contributed by atoms with Crippen molar-refractivity contribution in [3.05, 3.63) is 58.4 Å². The molecule has 2 aromatic carbocycles. The van der Waals surface area contributed by atoms with Gasteiger partial charge in [-0.3, -0.25) is 0 Å². The zero-order valence-electron chi connectivity index (χ0n) is 10.7. The molecule has 19 heavy (non-hydrogen) atoms. The Balaban J connectivity index is 2.46. The first-order valence-corrected chi connectivity index (χ1v) is 6.27. The molecule has 2 rings (SSSR count). The number of ether oxygens (including phenoxy) is 1. The van der Waals surface area contributed by atoms with Gasteiger partial charge in [0.15, 0.2) is 11.6 Å². The largest absolute Gasteiger partial charge is 0.452 e. The summed E-state index contributed by atoms with van der Waals surface area (Å²) >= 11 is 6.02. The predicted octanol–water partition coefficient (Wildman–Crippen LogP) is 4.63. The van der Waals surface area contributed by atoms with Gasteiger partial charge in [-0.25, -0.2) is 4.39 Å². The number of aryl methyl sites for hydroxylation is 1. The van der Waals surface area contributed by atoms with Crippen molar-refractivity contribution in [2.45, 2.75) is 20.0 Å². The molecule has 4 heteroatoms. The minimum atomic E-state index is -0.825. The molecule has 1 N–H and O–H groups in total. The van der Waals surface area contributed by atoms with Crippen molar-refractivity contribution in [3.63, 3.8) is 0 Å². The first-order chi connectivity index (χ1) is 8.99. The molecule has 0 saturated carbocycles. The number of aliphatic hydroxyl groups is 1. The molecule has 2 nitrogen and oxygen atoms in total. The summed E-state index contributed by atoms with van der Waals surface area (Å²) in [6, 6.07) is 9.68. The van der Waals surface area contributed by atoms with Gasteiger partial charge in [-0.15, -0.1) is 0 Å². The SMILES string of the molecule is Cc1ccc(Cl)c(Oc2c(F)cccc2[C@@H](C)O)c1. The summed E-state index contributed by atoms with van der Waals surface area (Å²) in [5, 5.41) is 10.0. The normalized spacial score (nSPS) is 12.3. The van der Waals surface area contributed by atoms with Crippen molar-refractivity contribution >= 4 is 11.6 Å². The molecule has 0 radical (unpaired) electrons. The van der Waals surface area contributed by atoms with Gasteiger partial charge in [0, 0.05) is 5.56 Å². The van der Waals surface area contributed by atoms with Crippen molar-refractivity contribution in [1.82, 2.24) is 0 Å². The minimum absolute atomic E-state index is 0.00463. The number of para-hydroxylation sites is 1. The number of aliphatic hydroxyl groups excluding tert-OH is 1. The number of halogens is 2. The summed E-state index contributed by atoms with van der Waals surface area (Å²) in [5.41, 5.74) is 1.34. The summed E-state index contributed by atoms with van der Waals surface area (Å²) in [6.45, 7) is 3.44. The van der Waals surface area contributed by atoms with E-state index in [-0.39, 0.29) is 5.75 Å². The monoisotopic (exact) mass is 280 g/mol. The van der Waals surface area contributed by atoms with E-state index in [9.17, 15) is 9.50 Å². The second-order valence-corrected chi connectivity index (χ2v) is 4.78. The Morgan fingerprint density at radius 1 is 1.26 bits per heavy atom. The molecule has 0 aliphatic rings. The highest BCUT2D eigenvalue weighted by atomic mass is 35.5. The van der Waals surface area contributed by atoms with Gasteiger partial charge in [0.25, 0.3) is 0 Å². The van der Waals surface area contributed by atoms with Crippen LogP contribution in [0.15, 0.2) is 36.4 Å². The highest BCUT2D eigenvalue weighted by Gasteiger charge is 2.16. The van der Waals surface area contributed by atoms with Crippen LogP contribution in [0.5, 0.6) is 11.5 Å². The lowest BCUT2D eigenvalue weighted by Gasteiger charge is -2.15. The summed E-state index contributed by atoms with van der Waals surface area (Å²) < 4.78 is 19.4. The molecule has 0 heterocycles. The van der Waals surface area contributed by atoms with Gasteiger partial charge in [0.1, 0.15) is 5.75 Å². The lowest BCUT2D eigenvalue weighted by atomic mass is 10.1. The molecule has 100 valence electrons. The molecule has 0 aliphatic heterocycles. The maximum absolute atomic E-state index is 13.8. The summed E-state index contributed by atoms with van der Waals surface area (Å²) in [4.78, 5) is 0. The number of hydrogen-bond acceptors (Lipinski definition) is 2. The summed E-state index contributed by atoms with van der Waals surface area (Å²) in [6.07, 6.45) is -0.825. The molecular formula is C15H14ClFO2. The zero-order valence-corrected chi connectivity index (χ0v) is 11.4. The van der Waals surface area contributed by atoms with E-state index in [1.165, 1.54) is 12.1 Å². The van der Waals surface area contributed by atoms with Crippen molar-refractivity contribution in [3.8, 4) is 11.5 Å². The Morgan fingerprint density at radius 2 is 2.00 bits per heavy atom. The van der Waals surface area contributed by atoms with Gasteiger partial charge in [-0.05, 0) is 37.6 Å². The zero-order chi connectivity index (χ0) is 14.0. The minimum Gasteiger partial charge on any atom is -0.452 e. The lowest BCUT2D eigenvalue weighted by molar-refractivity contribution is 0.194. The fourth-order valence-electron chi connectivity index (χ4n) is 1.76. The molecule has 0 spiro atoms. The molecule has 0 fully saturated rings. The average Bonchev–Trinajstić information content (AvgIpc) is 2.35. The Labute approximate surface area is 116 Å². The molecule has 0 saturated heterocycles. The third kappa shape index (κ3) is 3.06. The van der Waals surface area contributed by atoms with Crippen LogP contribution in [0.2, 0.25) is 5.02 Å². The topological polar surface area (TPSA) is 29.5 Å². The molecule has 0 bridgehead atoms. The van der Waals surface area contributed by atoms with Gasteiger partial charge in [0.05, 0.1) is 11.1 Å².